The Morgan fingerprint density at radius 2 is 2.23 bits per heavy atom. The van der Waals surface area contributed by atoms with E-state index in [2.05, 4.69) is 17.1 Å². The van der Waals surface area contributed by atoms with Gasteiger partial charge in [0.05, 0.1) is 33.4 Å². The Kier molecular flexibility index (Phi) is 4.37. The van der Waals surface area contributed by atoms with Crippen molar-refractivity contribution in [3.63, 3.8) is 0 Å². The third kappa shape index (κ3) is 2.34. The average molecular weight is 355 g/mol. The van der Waals surface area contributed by atoms with Crippen molar-refractivity contribution in [2.75, 3.05) is 33.4 Å². The molecule has 0 amide bonds. The molecular formula is C21H27N2O3+. The molecule has 1 aromatic heterocycles. The number of rotatable bonds is 2. The van der Waals surface area contributed by atoms with Crippen molar-refractivity contribution in [1.29, 1.82) is 0 Å². The van der Waals surface area contributed by atoms with E-state index in [9.17, 15) is 9.90 Å². The van der Waals surface area contributed by atoms with Crippen LogP contribution in [-0.4, -0.2) is 49.4 Å². The molecule has 3 aliphatic heterocycles. The summed E-state index contributed by atoms with van der Waals surface area (Å²) in [5.41, 5.74) is 3.20. The van der Waals surface area contributed by atoms with Gasteiger partial charge in [0.1, 0.15) is 5.41 Å². The van der Waals surface area contributed by atoms with E-state index in [-0.39, 0.29) is 18.5 Å². The number of aliphatic hydroxyl groups excluding tert-OH is 1. The van der Waals surface area contributed by atoms with Crippen molar-refractivity contribution in [2.45, 2.75) is 25.2 Å². The van der Waals surface area contributed by atoms with E-state index in [4.69, 9.17) is 4.74 Å². The third-order valence-corrected chi connectivity index (χ3v) is 6.44. The molecule has 1 saturated heterocycles. The van der Waals surface area contributed by atoms with Gasteiger partial charge in [0.15, 0.2) is 0 Å². The molecule has 0 spiro atoms. The number of para-hydroxylation sites is 1. The summed E-state index contributed by atoms with van der Waals surface area (Å²) in [5, 5.41) is 11.7. The number of H-pyrrole nitrogens is 1. The number of fused-ring (bicyclic) bond motifs is 4. The average Bonchev–Trinajstić information content (AvgIpc) is 3.09. The van der Waals surface area contributed by atoms with Gasteiger partial charge in [0, 0.05) is 35.4 Å². The molecule has 5 heteroatoms. The molecule has 0 radical (unpaired) electrons. The molecule has 0 saturated carbocycles. The molecule has 26 heavy (non-hydrogen) atoms. The largest absolute Gasteiger partial charge is 0.468 e. The fourth-order valence-corrected chi connectivity index (χ4v) is 5.11. The van der Waals surface area contributed by atoms with Gasteiger partial charge >= 0.3 is 5.97 Å². The number of aliphatic hydroxyl groups is 1. The van der Waals surface area contributed by atoms with Crippen LogP contribution < -0.4 is 4.90 Å². The first-order valence-corrected chi connectivity index (χ1v) is 9.43. The first-order valence-electron chi connectivity index (χ1n) is 9.43. The molecule has 2 aromatic rings. The van der Waals surface area contributed by atoms with Gasteiger partial charge in [-0.3, -0.25) is 4.79 Å². The molecule has 0 aliphatic carbocycles. The van der Waals surface area contributed by atoms with E-state index in [0.29, 0.717) is 0 Å². The number of nitrogens with one attached hydrogen (secondary N) is 2. The maximum Gasteiger partial charge on any atom is 0.320 e. The maximum atomic E-state index is 13.1. The van der Waals surface area contributed by atoms with Crippen molar-refractivity contribution < 1.29 is 19.5 Å². The van der Waals surface area contributed by atoms with Gasteiger partial charge in [-0.2, -0.15) is 0 Å². The second kappa shape index (κ2) is 6.56. The molecule has 1 unspecified atom stereocenters. The minimum atomic E-state index is -1.07. The SMILES string of the molecule is CC=C1C[NH+]2CCc3c([nH]c4ccccc34)[C@@](CO)(C(=O)OC)[C@H]1CC2. The summed E-state index contributed by atoms with van der Waals surface area (Å²) in [6.45, 7) is 4.76. The Balaban J connectivity index is 2.05. The molecule has 3 atom stereocenters. The quantitative estimate of drug-likeness (QED) is 0.556. The molecular weight excluding hydrogens is 328 g/mol. The lowest BCUT2D eigenvalue weighted by molar-refractivity contribution is -0.899. The number of benzene rings is 1. The van der Waals surface area contributed by atoms with E-state index in [1.54, 1.807) is 4.90 Å². The zero-order chi connectivity index (χ0) is 18.3. The Bertz CT molecular complexity index is 869. The van der Waals surface area contributed by atoms with Gasteiger partial charge in [-0.25, -0.2) is 0 Å². The zero-order valence-corrected chi connectivity index (χ0v) is 15.5. The van der Waals surface area contributed by atoms with Crippen LogP contribution >= 0.6 is 0 Å². The number of hydrogen-bond donors (Lipinski definition) is 3. The Morgan fingerprint density at radius 3 is 2.96 bits per heavy atom. The standard InChI is InChI=1S/C21H26N2O3/c1-3-14-12-23-10-8-16-15-6-4-5-7-18(15)22-19(16)21(13-24,20(25)26-2)17(14)9-11-23/h3-7,17,22,24H,8-13H2,1-2H3/p+1/t17-,21-/m0/s1. The van der Waals surface area contributed by atoms with Gasteiger partial charge < -0.3 is 19.7 Å². The highest BCUT2D eigenvalue weighted by Crippen LogP contribution is 2.44. The van der Waals surface area contributed by atoms with Crippen LogP contribution in [0, 0.1) is 5.92 Å². The molecule has 1 fully saturated rings. The monoisotopic (exact) mass is 355 g/mol. The fourth-order valence-electron chi connectivity index (χ4n) is 5.11. The van der Waals surface area contributed by atoms with Crippen molar-refractivity contribution in [1.82, 2.24) is 4.98 Å². The van der Waals surface area contributed by atoms with Crippen molar-refractivity contribution in [3.8, 4) is 0 Å². The minimum Gasteiger partial charge on any atom is -0.468 e. The van der Waals surface area contributed by atoms with Gasteiger partial charge in [-0.1, -0.05) is 24.3 Å². The first kappa shape index (κ1) is 17.3. The van der Waals surface area contributed by atoms with Gasteiger partial charge in [-0.15, -0.1) is 0 Å². The number of piperidine rings is 1. The van der Waals surface area contributed by atoms with Crippen LogP contribution in [0.1, 0.15) is 24.6 Å². The summed E-state index contributed by atoms with van der Waals surface area (Å²) in [5.74, 6) is -0.388. The third-order valence-electron chi connectivity index (χ3n) is 6.44. The lowest BCUT2D eigenvalue weighted by atomic mass is 9.66. The Labute approximate surface area is 153 Å². The van der Waals surface area contributed by atoms with E-state index >= 15 is 0 Å². The number of quaternary nitrogens is 1. The number of carbonyl (C=O) groups is 1. The van der Waals surface area contributed by atoms with Gasteiger partial charge in [-0.05, 0) is 24.1 Å². The molecule has 138 valence electrons. The number of carbonyl (C=O) groups excluding carboxylic acids is 1. The van der Waals surface area contributed by atoms with Gasteiger partial charge in [0.2, 0.25) is 0 Å². The molecule has 1 aromatic carbocycles. The normalized spacial score (nSPS) is 29.9. The molecule has 5 nitrogen and oxygen atoms in total. The highest BCUT2D eigenvalue weighted by atomic mass is 16.5. The van der Waals surface area contributed by atoms with Crippen LogP contribution in [-0.2, 0) is 21.4 Å². The van der Waals surface area contributed by atoms with Crippen molar-refractivity contribution in [3.05, 3.63) is 47.2 Å². The van der Waals surface area contributed by atoms with Crippen LogP contribution in [0.5, 0.6) is 0 Å². The van der Waals surface area contributed by atoms with Crippen LogP contribution in [0.4, 0.5) is 0 Å². The Hall–Kier alpha value is -2.11. The van der Waals surface area contributed by atoms with Crippen molar-refractivity contribution in [2.24, 2.45) is 5.92 Å². The summed E-state index contributed by atoms with van der Waals surface area (Å²) < 4.78 is 5.26. The minimum absolute atomic E-state index is 0.0430. The fraction of sp³-hybridized carbons (Fsp3) is 0.476. The molecule has 3 aliphatic rings. The summed E-state index contributed by atoms with van der Waals surface area (Å²) in [4.78, 5) is 18.2. The predicted molar refractivity (Wildman–Crippen MR) is 100 cm³/mol. The summed E-state index contributed by atoms with van der Waals surface area (Å²) >= 11 is 0. The molecule has 5 rings (SSSR count). The predicted octanol–water partition coefficient (Wildman–Crippen LogP) is 0.978. The second-order valence-corrected chi connectivity index (χ2v) is 7.53. The topological polar surface area (TPSA) is 66.8 Å². The Morgan fingerprint density at radius 1 is 1.42 bits per heavy atom. The zero-order valence-electron chi connectivity index (χ0n) is 15.5. The molecule has 3 N–H and O–H groups in total. The van der Waals surface area contributed by atoms with Crippen LogP contribution in [0.3, 0.4) is 0 Å². The number of hydrogen-bond acceptors (Lipinski definition) is 3. The van der Waals surface area contributed by atoms with E-state index in [1.807, 2.05) is 25.1 Å². The molecule has 2 bridgehead atoms. The lowest BCUT2D eigenvalue weighted by Crippen LogP contribution is -3.13. The number of esters is 1. The second-order valence-electron chi connectivity index (χ2n) is 7.53. The van der Waals surface area contributed by atoms with E-state index < -0.39 is 5.41 Å². The maximum absolute atomic E-state index is 13.1. The highest BCUT2D eigenvalue weighted by molar-refractivity contribution is 5.91. The summed E-state index contributed by atoms with van der Waals surface area (Å²) in [6.07, 6.45) is 3.89. The summed E-state index contributed by atoms with van der Waals surface area (Å²) in [7, 11) is 1.42. The van der Waals surface area contributed by atoms with Crippen molar-refractivity contribution >= 4 is 16.9 Å². The van der Waals surface area contributed by atoms with Gasteiger partial charge in [0.25, 0.3) is 0 Å². The highest BCUT2D eigenvalue weighted by Gasteiger charge is 2.54. The number of aromatic nitrogens is 1. The first-order chi connectivity index (χ1) is 12.7. The summed E-state index contributed by atoms with van der Waals surface area (Å²) in [6, 6.07) is 8.16. The van der Waals surface area contributed by atoms with Crippen LogP contribution in [0.15, 0.2) is 35.9 Å². The number of methoxy groups -OCH3 is 1. The van der Waals surface area contributed by atoms with E-state index in [0.717, 1.165) is 54.6 Å². The number of aromatic amines is 1. The smallest absolute Gasteiger partial charge is 0.320 e. The lowest BCUT2D eigenvalue weighted by Gasteiger charge is -2.40. The molecule has 4 heterocycles. The van der Waals surface area contributed by atoms with Crippen LogP contribution in [0.2, 0.25) is 0 Å². The van der Waals surface area contributed by atoms with Crippen LogP contribution in [0.25, 0.3) is 10.9 Å². The number of ether oxygens (including phenoxy) is 1. The van der Waals surface area contributed by atoms with E-state index in [1.165, 1.54) is 12.7 Å². The number of allylic oxidation sites excluding steroid dienone is 1.